The first-order valence-electron chi connectivity index (χ1n) is 8.66. The molecule has 0 fully saturated rings. The second kappa shape index (κ2) is 7.36. The molecule has 0 saturated heterocycles. The van der Waals surface area contributed by atoms with Crippen LogP contribution < -0.4 is 17.1 Å². The van der Waals surface area contributed by atoms with Crippen molar-refractivity contribution in [3.8, 4) is 17.1 Å². The third kappa shape index (κ3) is 3.26. The zero-order chi connectivity index (χ0) is 21.4. The van der Waals surface area contributed by atoms with Gasteiger partial charge >= 0.3 is 17.1 Å². The Balaban J connectivity index is 2.13. The Morgan fingerprint density at radius 3 is 0.800 bits per heavy atom. The second-order valence-corrected chi connectivity index (χ2v) is 6.28. The molecule has 1 aromatic heterocycles. The molecule has 0 amide bonds. The topological polar surface area (TPSA) is 66.0 Å². The van der Waals surface area contributed by atoms with Crippen LogP contribution in [0.2, 0.25) is 0 Å². The molecular formula is C21H12F3N3O3. The molecule has 0 aliphatic carbocycles. The van der Waals surface area contributed by atoms with E-state index in [4.69, 9.17) is 0 Å². The fourth-order valence-electron chi connectivity index (χ4n) is 2.98. The number of hydrogen-bond acceptors (Lipinski definition) is 3. The maximum Gasteiger partial charge on any atom is 0.345 e. The van der Waals surface area contributed by atoms with Gasteiger partial charge in [-0.15, -0.1) is 0 Å². The van der Waals surface area contributed by atoms with Crippen LogP contribution in [0.15, 0.2) is 87.2 Å². The summed E-state index contributed by atoms with van der Waals surface area (Å²) in [7, 11) is 0. The number of aromatic nitrogens is 3. The van der Waals surface area contributed by atoms with Crippen LogP contribution in [0.1, 0.15) is 0 Å². The van der Waals surface area contributed by atoms with E-state index in [1.807, 2.05) is 0 Å². The third-order valence-corrected chi connectivity index (χ3v) is 4.40. The van der Waals surface area contributed by atoms with Gasteiger partial charge in [-0.2, -0.15) is 0 Å². The summed E-state index contributed by atoms with van der Waals surface area (Å²) in [4.78, 5) is 39.3. The normalized spacial score (nSPS) is 10.9. The van der Waals surface area contributed by atoms with Gasteiger partial charge < -0.3 is 0 Å². The minimum Gasteiger partial charge on any atom is -0.246 e. The lowest BCUT2D eigenvalue weighted by atomic mass is 10.3. The number of benzene rings is 3. The average Bonchev–Trinajstić information content (AvgIpc) is 2.72. The lowest BCUT2D eigenvalue weighted by Crippen LogP contribution is -2.52. The number of halogens is 3. The Morgan fingerprint density at radius 2 is 0.600 bits per heavy atom. The van der Waals surface area contributed by atoms with Crippen molar-refractivity contribution in [2.24, 2.45) is 0 Å². The molecule has 9 heteroatoms. The molecular weight excluding hydrogens is 399 g/mol. The van der Waals surface area contributed by atoms with Gasteiger partial charge in [0, 0.05) is 0 Å². The van der Waals surface area contributed by atoms with Gasteiger partial charge in [-0.3, -0.25) is 0 Å². The lowest BCUT2D eigenvalue weighted by molar-refractivity contribution is 0.620. The van der Waals surface area contributed by atoms with Crippen LogP contribution in [0.5, 0.6) is 0 Å². The number of rotatable bonds is 3. The first-order valence-corrected chi connectivity index (χ1v) is 8.66. The van der Waals surface area contributed by atoms with Crippen molar-refractivity contribution in [1.29, 1.82) is 0 Å². The lowest BCUT2D eigenvalue weighted by Gasteiger charge is -2.14. The van der Waals surface area contributed by atoms with Crippen LogP contribution >= 0.6 is 0 Å². The summed E-state index contributed by atoms with van der Waals surface area (Å²) in [5.41, 5.74) is -3.04. The molecule has 0 N–H and O–H groups in total. The van der Waals surface area contributed by atoms with E-state index in [1.54, 1.807) is 0 Å². The summed E-state index contributed by atoms with van der Waals surface area (Å²) in [6.07, 6.45) is 0. The highest BCUT2D eigenvalue weighted by atomic mass is 19.1. The van der Waals surface area contributed by atoms with E-state index in [0.29, 0.717) is 13.7 Å². The van der Waals surface area contributed by atoms with E-state index in [1.165, 1.54) is 36.4 Å². The maximum atomic E-state index is 13.3. The molecule has 6 nitrogen and oxygen atoms in total. The molecule has 0 radical (unpaired) electrons. The van der Waals surface area contributed by atoms with Crippen LogP contribution in [0.4, 0.5) is 13.2 Å². The maximum absolute atomic E-state index is 13.3. The zero-order valence-electron chi connectivity index (χ0n) is 15.1. The van der Waals surface area contributed by atoms with Gasteiger partial charge in [0.1, 0.15) is 17.5 Å². The summed E-state index contributed by atoms with van der Waals surface area (Å²) in [6.45, 7) is 0. The molecule has 30 heavy (non-hydrogen) atoms. The molecule has 4 rings (SSSR count). The summed E-state index contributed by atoms with van der Waals surface area (Å²) in [5.74, 6) is -1.76. The molecule has 0 bridgehead atoms. The smallest absolute Gasteiger partial charge is 0.246 e. The van der Waals surface area contributed by atoms with Crippen LogP contribution in [0, 0.1) is 17.5 Å². The standard InChI is InChI=1S/C21H12F3N3O3/c22-13-1-7-16(8-2-13)25-19(28)26(17-9-3-14(23)4-10-17)21(30)27(20(25)29)18-11-5-15(24)6-12-18/h1-12H. The van der Waals surface area contributed by atoms with Crippen molar-refractivity contribution < 1.29 is 13.2 Å². The summed E-state index contributed by atoms with van der Waals surface area (Å²) in [5, 5.41) is 0. The minimum atomic E-state index is -1.03. The van der Waals surface area contributed by atoms with Crippen LogP contribution in [-0.2, 0) is 0 Å². The molecule has 0 spiro atoms. The molecule has 4 aromatic rings. The molecule has 3 aromatic carbocycles. The van der Waals surface area contributed by atoms with E-state index in [0.717, 1.165) is 36.4 Å². The molecule has 150 valence electrons. The van der Waals surface area contributed by atoms with E-state index in [-0.39, 0.29) is 17.1 Å². The van der Waals surface area contributed by atoms with E-state index in [2.05, 4.69) is 0 Å². The van der Waals surface area contributed by atoms with Crippen molar-refractivity contribution in [3.63, 3.8) is 0 Å². The zero-order valence-corrected chi connectivity index (χ0v) is 15.1. The van der Waals surface area contributed by atoms with Crippen LogP contribution in [0.3, 0.4) is 0 Å². The summed E-state index contributed by atoms with van der Waals surface area (Å²) < 4.78 is 42.0. The van der Waals surface area contributed by atoms with Gasteiger partial charge in [-0.1, -0.05) is 0 Å². The van der Waals surface area contributed by atoms with Gasteiger partial charge in [-0.05, 0) is 72.8 Å². The van der Waals surface area contributed by atoms with Crippen LogP contribution in [0.25, 0.3) is 17.1 Å². The highest BCUT2D eigenvalue weighted by molar-refractivity contribution is 5.37. The molecule has 0 aliphatic heterocycles. The van der Waals surface area contributed by atoms with Crippen molar-refractivity contribution in [1.82, 2.24) is 13.7 Å². The predicted octanol–water partition coefficient (Wildman–Crippen LogP) is 2.56. The molecule has 0 saturated carbocycles. The van der Waals surface area contributed by atoms with Crippen molar-refractivity contribution in [2.75, 3.05) is 0 Å². The van der Waals surface area contributed by atoms with E-state index < -0.39 is 34.5 Å². The Kier molecular flexibility index (Phi) is 4.71. The fourth-order valence-corrected chi connectivity index (χ4v) is 2.98. The predicted molar refractivity (Wildman–Crippen MR) is 103 cm³/mol. The molecule has 1 heterocycles. The molecule has 0 aliphatic rings. The minimum absolute atomic E-state index is 0.0122. The van der Waals surface area contributed by atoms with Gasteiger partial charge in [0.05, 0.1) is 17.1 Å². The van der Waals surface area contributed by atoms with Gasteiger partial charge in [0.2, 0.25) is 0 Å². The molecule has 0 atom stereocenters. The van der Waals surface area contributed by atoms with Crippen molar-refractivity contribution in [3.05, 3.63) is 122 Å². The third-order valence-electron chi connectivity index (χ3n) is 4.40. The van der Waals surface area contributed by atoms with Crippen molar-refractivity contribution >= 4 is 0 Å². The van der Waals surface area contributed by atoms with E-state index in [9.17, 15) is 27.6 Å². The highest BCUT2D eigenvalue weighted by Crippen LogP contribution is 2.09. The van der Waals surface area contributed by atoms with Gasteiger partial charge in [0.25, 0.3) is 0 Å². The fraction of sp³-hybridized carbons (Fsp3) is 0. The first-order chi connectivity index (χ1) is 14.4. The Morgan fingerprint density at radius 1 is 0.400 bits per heavy atom. The number of hydrogen-bond donors (Lipinski definition) is 0. The Hall–Kier alpha value is -4.14. The average molecular weight is 411 g/mol. The second-order valence-electron chi connectivity index (χ2n) is 6.28. The van der Waals surface area contributed by atoms with E-state index >= 15 is 0 Å². The number of nitrogens with zero attached hydrogens (tertiary/aromatic N) is 3. The van der Waals surface area contributed by atoms with Gasteiger partial charge in [0.15, 0.2) is 0 Å². The van der Waals surface area contributed by atoms with Gasteiger partial charge in [-0.25, -0.2) is 41.3 Å². The SMILES string of the molecule is O=c1n(-c2ccc(F)cc2)c(=O)n(-c2ccc(F)cc2)c(=O)n1-c1ccc(F)cc1. The quantitative estimate of drug-likeness (QED) is 0.521. The largest absolute Gasteiger partial charge is 0.345 e. The van der Waals surface area contributed by atoms with Crippen molar-refractivity contribution in [2.45, 2.75) is 0 Å². The summed E-state index contributed by atoms with van der Waals surface area (Å²) in [6, 6.07) is 13.5. The first kappa shape index (κ1) is 19.2. The van der Waals surface area contributed by atoms with Crippen LogP contribution in [-0.4, -0.2) is 13.7 Å². The summed E-state index contributed by atoms with van der Waals surface area (Å²) >= 11 is 0. The Labute approximate surface area is 166 Å². The monoisotopic (exact) mass is 411 g/mol. The molecule has 0 unspecified atom stereocenters. The Bertz CT molecular complexity index is 1200. The highest BCUT2D eigenvalue weighted by Gasteiger charge is 2.19.